The third-order valence-electron chi connectivity index (χ3n) is 5.73. The van der Waals surface area contributed by atoms with Crippen LogP contribution >= 0.6 is 11.5 Å². The molecule has 2 aromatic carbocycles. The lowest BCUT2D eigenvalue weighted by Gasteiger charge is -2.32. The van der Waals surface area contributed by atoms with Crippen LogP contribution in [-0.4, -0.2) is 42.9 Å². The van der Waals surface area contributed by atoms with Crippen LogP contribution in [0.5, 0.6) is 11.5 Å². The number of primary amides is 1. The van der Waals surface area contributed by atoms with E-state index in [1.54, 1.807) is 12.1 Å². The molecule has 3 aromatic rings. The quantitative estimate of drug-likeness (QED) is 0.335. The second kappa shape index (κ2) is 12.4. The number of benzene rings is 2. The van der Waals surface area contributed by atoms with Crippen molar-refractivity contribution < 1.29 is 28.2 Å². The highest BCUT2D eigenvalue weighted by Gasteiger charge is 2.37. The molecular formula is C26H30FN5O5S. The number of anilines is 2. The van der Waals surface area contributed by atoms with Crippen molar-refractivity contribution in [3.8, 4) is 11.5 Å². The Morgan fingerprint density at radius 1 is 1.11 bits per heavy atom. The van der Waals surface area contributed by atoms with E-state index in [0.29, 0.717) is 41.7 Å². The Balaban J connectivity index is 2.26. The second-order valence-corrected chi connectivity index (χ2v) is 9.55. The van der Waals surface area contributed by atoms with Gasteiger partial charge < -0.3 is 26.3 Å². The molecule has 38 heavy (non-hydrogen) atoms. The zero-order valence-corrected chi connectivity index (χ0v) is 22.3. The average Bonchev–Trinajstić information content (AvgIpc) is 3.28. The largest absolute Gasteiger partial charge is 0.497 e. The van der Waals surface area contributed by atoms with Crippen LogP contribution in [0, 0.1) is 11.7 Å². The molecule has 0 aliphatic rings. The minimum atomic E-state index is -1.28. The number of methoxy groups -OCH3 is 2. The molecule has 10 nitrogen and oxygen atoms in total. The molecule has 0 radical (unpaired) electrons. The van der Waals surface area contributed by atoms with Crippen LogP contribution in [-0.2, 0) is 4.79 Å². The van der Waals surface area contributed by atoms with Gasteiger partial charge in [0.05, 0.1) is 25.6 Å². The number of halogens is 1. The second-order valence-electron chi connectivity index (χ2n) is 8.78. The average molecular weight is 544 g/mol. The lowest BCUT2D eigenvalue weighted by molar-refractivity contribution is -0.122. The van der Waals surface area contributed by atoms with E-state index < -0.39 is 29.6 Å². The van der Waals surface area contributed by atoms with E-state index in [2.05, 4.69) is 9.69 Å². The molecule has 0 aliphatic heterocycles. The standard InChI is InChI=1S/C26H30FN5O5S/c1-14(2)11-12-30-25(34)22(15-5-7-16(27)8-6-15)32(18-13-17(36-3)9-10-19(18)37-4)26(35)23-20(28)21(24(29)33)31-38-23/h5-10,13-14,22H,11-12,28H2,1-4H3,(H2,29,33)(H,30,34)/t22-/m0/s1. The molecular weight excluding hydrogens is 513 g/mol. The summed E-state index contributed by atoms with van der Waals surface area (Å²) in [5.41, 5.74) is 11.5. The van der Waals surface area contributed by atoms with E-state index in [0.717, 1.165) is 0 Å². The number of amides is 3. The maximum atomic E-state index is 14.2. The number of carbonyl (C=O) groups excluding carboxylic acids is 3. The van der Waals surface area contributed by atoms with Crippen LogP contribution in [0.1, 0.15) is 52.0 Å². The van der Waals surface area contributed by atoms with Gasteiger partial charge in [-0.2, -0.15) is 4.37 Å². The smallest absolute Gasteiger partial charge is 0.273 e. The Bertz CT molecular complexity index is 1310. The van der Waals surface area contributed by atoms with Crippen LogP contribution in [0.3, 0.4) is 0 Å². The van der Waals surface area contributed by atoms with E-state index in [1.807, 2.05) is 13.8 Å². The summed E-state index contributed by atoms with van der Waals surface area (Å²) in [7, 11) is 2.87. The maximum absolute atomic E-state index is 14.2. The highest BCUT2D eigenvalue weighted by molar-refractivity contribution is 7.09. The molecule has 12 heteroatoms. The normalized spacial score (nSPS) is 11.6. The van der Waals surface area contributed by atoms with Gasteiger partial charge in [0.1, 0.15) is 28.2 Å². The van der Waals surface area contributed by atoms with Crippen LogP contribution in [0.25, 0.3) is 0 Å². The van der Waals surface area contributed by atoms with Gasteiger partial charge in [-0.05, 0) is 53.7 Å². The number of aromatic nitrogens is 1. The summed E-state index contributed by atoms with van der Waals surface area (Å²) in [6.07, 6.45) is 0.696. The third-order valence-corrected chi connectivity index (χ3v) is 6.58. The number of hydrogen-bond acceptors (Lipinski definition) is 8. The predicted octanol–water partition coefficient (Wildman–Crippen LogP) is 3.53. The molecule has 1 atom stereocenters. The molecule has 0 spiro atoms. The van der Waals surface area contributed by atoms with E-state index in [-0.39, 0.29) is 27.7 Å². The first kappa shape index (κ1) is 28.4. The molecule has 0 aliphatic carbocycles. The molecule has 0 saturated heterocycles. The van der Waals surface area contributed by atoms with Gasteiger partial charge in [0.25, 0.3) is 11.8 Å². The van der Waals surface area contributed by atoms with Gasteiger partial charge in [-0.1, -0.05) is 26.0 Å². The van der Waals surface area contributed by atoms with Crippen molar-refractivity contribution in [2.24, 2.45) is 11.7 Å². The molecule has 0 unspecified atom stereocenters. The fraction of sp³-hybridized carbons (Fsp3) is 0.308. The lowest BCUT2D eigenvalue weighted by atomic mass is 10.0. The number of hydrogen-bond donors (Lipinski definition) is 3. The van der Waals surface area contributed by atoms with E-state index in [9.17, 15) is 18.8 Å². The molecule has 202 valence electrons. The Morgan fingerprint density at radius 2 is 1.79 bits per heavy atom. The molecule has 0 bridgehead atoms. The van der Waals surface area contributed by atoms with Gasteiger partial charge >= 0.3 is 0 Å². The van der Waals surface area contributed by atoms with Crippen molar-refractivity contribution in [2.75, 3.05) is 31.4 Å². The SMILES string of the molecule is COc1ccc(OC)c(N(C(=O)c2snc(C(N)=O)c2N)[C@H](C(=O)NCCC(C)C)c2ccc(F)cc2)c1. The number of nitrogens with zero attached hydrogens (tertiary/aromatic N) is 2. The number of nitrogens with one attached hydrogen (secondary N) is 1. The van der Waals surface area contributed by atoms with Crippen molar-refractivity contribution >= 4 is 40.6 Å². The Labute approximate surface area is 223 Å². The zero-order valence-electron chi connectivity index (χ0n) is 21.5. The first-order valence-corrected chi connectivity index (χ1v) is 12.5. The Morgan fingerprint density at radius 3 is 2.34 bits per heavy atom. The predicted molar refractivity (Wildman–Crippen MR) is 143 cm³/mol. The van der Waals surface area contributed by atoms with E-state index in [4.69, 9.17) is 20.9 Å². The van der Waals surface area contributed by atoms with Crippen molar-refractivity contribution in [2.45, 2.75) is 26.3 Å². The van der Waals surface area contributed by atoms with Crippen molar-refractivity contribution in [3.05, 3.63) is 64.4 Å². The summed E-state index contributed by atoms with van der Waals surface area (Å²) < 4.78 is 28.7. The number of nitrogens with two attached hydrogens (primary N) is 2. The molecule has 0 fully saturated rings. The lowest BCUT2D eigenvalue weighted by Crippen LogP contribution is -2.44. The minimum Gasteiger partial charge on any atom is -0.497 e. The summed E-state index contributed by atoms with van der Waals surface area (Å²) in [5.74, 6) is -1.72. The molecule has 5 N–H and O–H groups in total. The molecule has 1 aromatic heterocycles. The summed E-state index contributed by atoms with van der Waals surface area (Å²) in [4.78, 5) is 40.7. The highest BCUT2D eigenvalue weighted by atomic mass is 32.1. The maximum Gasteiger partial charge on any atom is 0.273 e. The van der Waals surface area contributed by atoms with E-state index in [1.165, 1.54) is 49.5 Å². The van der Waals surface area contributed by atoms with Crippen molar-refractivity contribution in [1.29, 1.82) is 0 Å². The monoisotopic (exact) mass is 543 g/mol. The first-order valence-electron chi connectivity index (χ1n) is 11.7. The van der Waals surface area contributed by atoms with Crippen molar-refractivity contribution in [1.82, 2.24) is 9.69 Å². The number of rotatable bonds is 11. The Hall–Kier alpha value is -4.19. The molecule has 1 heterocycles. The van der Waals surface area contributed by atoms with Crippen LogP contribution in [0.2, 0.25) is 0 Å². The van der Waals surface area contributed by atoms with Crippen LogP contribution < -0.4 is 31.2 Å². The van der Waals surface area contributed by atoms with E-state index >= 15 is 0 Å². The number of nitrogen functional groups attached to an aromatic ring is 1. The molecule has 3 rings (SSSR count). The number of carbonyl (C=O) groups is 3. The Kier molecular flexibility index (Phi) is 9.24. The molecule has 3 amide bonds. The summed E-state index contributed by atoms with van der Waals surface area (Å²) in [6.45, 7) is 4.38. The summed E-state index contributed by atoms with van der Waals surface area (Å²) in [5, 5.41) is 2.87. The van der Waals surface area contributed by atoms with Gasteiger partial charge in [0, 0.05) is 12.6 Å². The first-order chi connectivity index (χ1) is 18.1. The summed E-state index contributed by atoms with van der Waals surface area (Å²) in [6, 6.07) is 8.68. The highest BCUT2D eigenvalue weighted by Crippen LogP contribution is 2.40. The van der Waals surface area contributed by atoms with Gasteiger partial charge in [0.15, 0.2) is 5.69 Å². The summed E-state index contributed by atoms with van der Waals surface area (Å²) >= 11 is 0.677. The van der Waals surface area contributed by atoms with Gasteiger partial charge in [-0.15, -0.1) is 0 Å². The third kappa shape index (κ3) is 6.20. The van der Waals surface area contributed by atoms with Crippen LogP contribution in [0.15, 0.2) is 42.5 Å². The minimum absolute atomic E-state index is 0.106. The van der Waals surface area contributed by atoms with Gasteiger partial charge in [-0.25, -0.2) is 4.39 Å². The van der Waals surface area contributed by atoms with Crippen molar-refractivity contribution in [3.63, 3.8) is 0 Å². The zero-order chi connectivity index (χ0) is 28.0. The fourth-order valence-corrected chi connectivity index (χ4v) is 4.48. The number of ether oxygens (including phenoxy) is 2. The fourth-order valence-electron chi connectivity index (χ4n) is 3.73. The molecule has 0 saturated carbocycles. The van der Waals surface area contributed by atoms with Gasteiger partial charge in [-0.3, -0.25) is 19.3 Å². The van der Waals surface area contributed by atoms with Crippen LogP contribution in [0.4, 0.5) is 15.8 Å². The van der Waals surface area contributed by atoms with Gasteiger partial charge in [0.2, 0.25) is 5.91 Å². The topological polar surface area (TPSA) is 150 Å².